The van der Waals surface area contributed by atoms with Gasteiger partial charge in [0, 0.05) is 19.6 Å². The summed E-state index contributed by atoms with van der Waals surface area (Å²) >= 11 is 0. The highest BCUT2D eigenvalue weighted by atomic mass is 16.7. The van der Waals surface area contributed by atoms with Crippen LogP contribution in [0.3, 0.4) is 0 Å². The lowest BCUT2D eigenvalue weighted by Crippen LogP contribution is -2.28. The fraction of sp³-hybridized carbons (Fsp3) is 0.455. The number of rotatable bonds is 5. The van der Waals surface area contributed by atoms with Crippen LogP contribution in [0.1, 0.15) is 13.3 Å². The van der Waals surface area contributed by atoms with Gasteiger partial charge in [-0.25, -0.2) is 0 Å². The Bertz CT molecular complexity index is 348. The van der Waals surface area contributed by atoms with E-state index in [1.165, 1.54) is 27.4 Å². The molecule has 1 rings (SSSR count). The Balaban J connectivity index is 2.92. The monoisotopic (exact) mass is 242 g/mol. The first kappa shape index (κ1) is 13.4. The van der Waals surface area contributed by atoms with Crippen LogP contribution in [0.4, 0.5) is 0 Å². The van der Waals surface area contributed by atoms with Gasteiger partial charge in [0.15, 0.2) is 5.76 Å². The maximum atomic E-state index is 11.3. The number of methoxy groups -OCH3 is 3. The van der Waals surface area contributed by atoms with Crippen molar-refractivity contribution in [2.75, 3.05) is 21.3 Å². The zero-order chi connectivity index (χ0) is 12.8. The molecule has 95 valence electrons. The van der Waals surface area contributed by atoms with Crippen molar-refractivity contribution in [3.8, 4) is 0 Å². The van der Waals surface area contributed by atoms with Crippen LogP contribution < -0.4 is 5.32 Å². The Labute approximate surface area is 100 Å². The predicted molar refractivity (Wildman–Crippen MR) is 58.9 cm³/mol. The van der Waals surface area contributed by atoms with Gasteiger partial charge in [0.25, 0.3) is 0 Å². The Kier molecular flexibility index (Phi) is 4.84. The first-order valence-electron chi connectivity index (χ1n) is 5.09. The molecule has 1 radical (unpaired) electrons. The van der Waals surface area contributed by atoms with Gasteiger partial charge in [-0.15, -0.1) is 0 Å². The van der Waals surface area contributed by atoms with Gasteiger partial charge in [0.05, 0.1) is 14.2 Å². The van der Waals surface area contributed by atoms with Crippen molar-refractivity contribution in [3.63, 3.8) is 0 Å². The summed E-state index contributed by atoms with van der Waals surface area (Å²) in [5, 5.41) is 2.57. The summed E-state index contributed by atoms with van der Waals surface area (Å²) in [4.78, 5) is 11.3. The number of hydrogen-bond donors (Lipinski definition) is 1. The molecule has 0 fully saturated rings. The van der Waals surface area contributed by atoms with Crippen LogP contribution in [0, 0.1) is 6.29 Å². The maximum Gasteiger partial charge on any atom is 0.350 e. The van der Waals surface area contributed by atoms with E-state index >= 15 is 0 Å². The van der Waals surface area contributed by atoms with Crippen LogP contribution in [0.15, 0.2) is 23.5 Å². The molecule has 0 aromatic carbocycles. The molecule has 1 N–H and O–H groups in total. The van der Waals surface area contributed by atoms with Gasteiger partial charge in [0.2, 0.25) is 17.5 Å². The molecule has 6 nitrogen and oxygen atoms in total. The van der Waals surface area contributed by atoms with Crippen LogP contribution in [-0.2, 0) is 23.7 Å². The second-order valence-electron chi connectivity index (χ2n) is 3.11. The fourth-order valence-corrected chi connectivity index (χ4v) is 1.22. The molecular formula is C11H16NO5. The van der Waals surface area contributed by atoms with Crippen LogP contribution in [0.5, 0.6) is 0 Å². The number of amides is 1. The van der Waals surface area contributed by atoms with E-state index in [4.69, 9.17) is 18.9 Å². The summed E-state index contributed by atoms with van der Waals surface area (Å²) in [6.07, 6.45) is 2.01. The summed E-state index contributed by atoms with van der Waals surface area (Å²) in [6.45, 7) is 1.74. The molecule has 6 heteroatoms. The molecule has 0 unspecified atom stereocenters. The maximum absolute atomic E-state index is 11.3. The second kappa shape index (κ2) is 6.15. The zero-order valence-electron chi connectivity index (χ0n) is 10.3. The molecule has 0 spiro atoms. The fourth-order valence-electron chi connectivity index (χ4n) is 1.22. The van der Waals surface area contributed by atoms with Gasteiger partial charge in [-0.2, -0.15) is 0 Å². The van der Waals surface area contributed by atoms with E-state index in [9.17, 15) is 4.79 Å². The van der Waals surface area contributed by atoms with Crippen molar-refractivity contribution in [2.24, 2.45) is 0 Å². The highest BCUT2D eigenvalue weighted by Gasteiger charge is 2.30. The summed E-state index contributed by atoms with van der Waals surface area (Å²) in [7, 11) is 4.40. The quantitative estimate of drug-likeness (QED) is 0.779. The smallest absolute Gasteiger partial charge is 0.350 e. The van der Waals surface area contributed by atoms with Crippen LogP contribution in [0.2, 0.25) is 0 Å². The third-order valence-electron chi connectivity index (χ3n) is 2.07. The molecular weight excluding hydrogens is 226 g/mol. The summed E-state index contributed by atoms with van der Waals surface area (Å²) in [5.74, 6) is 0.834. The highest BCUT2D eigenvalue weighted by Crippen LogP contribution is 2.29. The normalized spacial score (nSPS) is 16.1. The van der Waals surface area contributed by atoms with Crippen molar-refractivity contribution in [1.82, 2.24) is 5.32 Å². The van der Waals surface area contributed by atoms with Crippen LogP contribution in [0.25, 0.3) is 0 Å². The lowest BCUT2D eigenvalue weighted by Gasteiger charge is -2.24. The SMILES string of the molecule is CCC(=O)NC1=CC(OC)=C(OC)[C](OC)O1. The predicted octanol–water partition coefficient (Wildman–Crippen LogP) is 1.02. The number of allylic oxidation sites excluding steroid dienone is 1. The number of nitrogens with one attached hydrogen (secondary N) is 1. The molecule has 0 aromatic heterocycles. The molecule has 0 saturated heterocycles. The van der Waals surface area contributed by atoms with Crippen molar-refractivity contribution in [3.05, 3.63) is 29.8 Å². The average molecular weight is 242 g/mol. The highest BCUT2D eigenvalue weighted by molar-refractivity contribution is 5.77. The van der Waals surface area contributed by atoms with Crippen molar-refractivity contribution in [1.29, 1.82) is 0 Å². The number of ether oxygens (including phenoxy) is 4. The van der Waals surface area contributed by atoms with Crippen molar-refractivity contribution >= 4 is 5.91 Å². The third-order valence-corrected chi connectivity index (χ3v) is 2.07. The average Bonchev–Trinajstić information content (AvgIpc) is 2.37. The molecule has 0 bridgehead atoms. The van der Waals surface area contributed by atoms with E-state index in [-0.39, 0.29) is 18.1 Å². The van der Waals surface area contributed by atoms with E-state index in [1.807, 2.05) is 0 Å². The van der Waals surface area contributed by atoms with E-state index in [0.717, 1.165) is 0 Å². The zero-order valence-corrected chi connectivity index (χ0v) is 10.3. The molecule has 17 heavy (non-hydrogen) atoms. The third kappa shape index (κ3) is 3.13. The summed E-state index contributed by atoms with van der Waals surface area (Å²) in [5.41, 5.74) is 0. The van der Waals surface area contributed by atoms with E-state index in [2.05, 4.69) is 5.32 Å². The van der Waals surface area contributed by atoms with E-state index < -0.39 is 0 Å². The molecule has 0 atom stereocenters. The largest absolute Gasteiger partial charge is 0.493 e. The first-order valence-corrected chi connectivity index (χ1v) is 5.09. The summed E-state index contributed by atoms with van der Waals surface area (Å²) < 4.78 is 20.5. The van der Waals surface area contributed by atoms with Crippen molar-refractivity contribution < 1.29 is 23.7 Å². The van der Waals surface area contributed by atoms with Crippen molar-refractivity contribution in [2.45, 2.75) is 13.3 Å². The van der Waals surface area contributed by atoms with Crippen LogP contribution in [-0.4, -0.2) is 27.2 Å². The van der Waals surface area contributed by atoms with Crippen LogP contribution >= 0.6 is 0 Å². The van der Waals surface area contributed by atoms with Gasteiger partial charge in [-0.3, -0.25) is 10.1 Å². The number of hydrogen-bond acceptors (Lipinski definition) is 5. The Morgan fingerprint density at radius 1 is 1.29 bits per heavy atom. The number of carbonyl (C=O) groups excluding carboxylic acids is 1. The molecule has 0 aromatic rings. The Morgan fingerprint density at radius 3 is 2.47 bits per heavy atom. The van der Waals surface area contributed by atoms with Gasteiger partial charge >= 0.3 is 6.29 Å². The standard InChI is InChI=1S/C11H16NO5/c1-5-8(13)12-9-6-7(14-2)10(15-3)11(16-4)17-9/h6H,5H2,1-4H3,(H,12,13). The van der Waals surface area contributed by atoms with Gasteiger partial charge < -0.3 is 18.9 Å². The first-order chi connectivity index (χ1) is 8.15. The number of carbonyl (C=O) groups is 1. The molecule has 1 heterocycles. The van der Waals surface area contributed by atoms with Gasteiger partial charge in [-0.1, -0.05) is 6.92 Å². The minimum Gasteiger partial charge on any atom is -0.493 e. The Hall–Kier alpha value is -1.69. The Morgan fingerprint density at radius 2 is 2.00 bits per heavy atom. The minimum atomic E-state index is -0.164. The molecule has 0 saturated carbocycles. The molecule has 1 aliphatic rings. The molecule has 1 aliphatic heterocycles. The van der Waals surface area contributed by atoms with E-state index in [0.29, 0.717) is 17.9 Å². The minimum absolute atomic E-state index is 0.137. The van der Waals surface area contributed by atoms with Gasteiger partial charge in [-0.05, 0) is 0 Å². The molecule has 1 amide bonds. The second-order valence-corrected chi connectivity index (χ2v) is 3.11. The lowest BCUT2D eigenvalue weighted by molar-refractivity contribution is -0.121. The summed E-state index contributed by atoms with van der Waals surface area (Å²) in [6, 6.07) is 0. The van der Waals surface area contributed by atoms with Gasteiger partial charge in [0.1, 0.15) is 0 Å². The van der Waals surface area contributed by atoms with E-state index in [1.54, 1.807) is 6.92 Å². The topological polar surface area (TPSA) is 66.0 Å². The lowest BCUT2D eigenvalue weighted by atomic mass is 10.3. The molecule has 0 aliphatic carbocycles.